The lowest BCUT2D eigenvalue weighted by molar-refractivity contribution is 0.613. The summed E-state index contributed by atoms with van der Waals surface area (Å²) in [5.41, 5.74) is 9.18. The van der Waals surface area contributed by atoms with Crippen LogP contribution in [0.4, 0.5) is 0 Å². The second-order valence-corrected chi connectivity index (χ2v) is 4.43. The fourth-order valence-corrected chi connectivity index (χ4v) is 1.99. The molecule has 0 aliphatic carbocycles. The van der Waals surface area contributed by atoms with E-state index in [-0.39, 0.29) is 0 Å². The van der Waals surface area contributed by atoms with Gasteiger partial charge in [0.2, 0.25) is 0 Å². The molecule has 2 N–H and O–H groups in total. The molecule has 0 spiro atoms. The second-order valence-electron chi connectivity index (χ2n) is 4.43. The number of furan rings is 1. The Morgan fingerprint density at radius 2 is 2.16 bits per heavy atom. The molecule has 0 aliphatic heterocycles. The minimum atomic E-state index is 0.529. The van der Waals surface area contributed by atoms with Crippen LogP contribution in [-0.4, -0.2) is 21.7 Å². The molecule has 0 fully saturated rings. The predicted molar refractivity (Wildman–Crippen MR) is 72.5 cm³/mol. The third-order valence-electron chi connectivity index (χ3n) is 3.04. The van der Waals surface area contributed by atoms with Crippen molar-refractivity contribution in [2.45, 2.75) is 13.3 Å². The minimum absolute atomic E-state index is 0.529. The van der Waals surface area contributed by atoms with Crippen LogP contribution in [-0.2, 0) is 6.42 Å². The summed E-state index contributed by atoms with van der Waals surface area (Å²) in [4.78, 5) is 4.26. The largest absolute Gasteiger partial charge is 0.464 e. The van der Waals surface area contributed by atoms with Gasteiger partial charge >= 0.3 is 0 Å². The van der Waals surface area contributed by atoms with Crippen LogP contribution in [0.1, 0.15) is 11.4 Å². The van der Waals surface area contributed by atoms with E-state index in [0.29, 0.717) is 18.8 Å². The summed E-state index contributed by atoms with van der Waals surface area (Å²) in [7, 11) is 0. The Hall–Kier alpha value is -2.27. The first-order valence-electron chi connectivity index (χ1n) is 6.15. The standard InChI is InChI=1S/C14H14N4O/c1-9-8-19-13-3-2-10(6-11(9)13)12-7-16-14(4-5-15)18-17-12/h2-3,6-8H,4-5,15H2,1H3. The zero-order valence-electron chi connectivity index (χ0n) is 10.6. The molecule has 96 valence electrons. The summed E-state index contributed by atoms with van der Waals surface area (Å²) in [6.45, 7) is 2.55. The van der Waals surface area contributed by atoms with Gasteiger partial charge < -0.3 is 10.2 Å². The smallest absolute Gasteiger partial charge is 0.152 e. The van der Waals surface area contributed by atoms with Crippen molar-refractivity contribution in [1.29, 1.82) is 0 Å². The Bertz CT molecular complexity index is 703. The van der Waals surface area contributed by atoms with Gasteiger partial charge in [0.15, 0.2) is 5.82 Å². The minimum Gasteiger partial charge on any atom is -0.464 e. The molecule has 0 atom stereocenters. The topological polar surface area (TPSA) is 77.8 Å². The van der Waals surface area contributed by atoms with Gasteiger partial charge in [0.25, 0.3) is 0 Å². The average molecular weight is 254 g/mol. The quantitative estimate of drug-likeness (QED) is 0.774. The maximum atomic E-state index is 5.46. The molecule has 5 nitrogen and oxygen atoms in total. The predicted octanol–water partition coefficient (Wildman–Crippen LogP) is 2.09. The van der Waals surface area contributed by atoms with Crippen molar-refractivity contribution in [3.05, 3.63) is 42.0 Å². The Morgan fingerprint density at radius 3 is 2.89 bits per heavy atom. The van der Waals surface area contributed by atoms with Crippen molar-refractivity contribution in [3.63, 3.8) is 0 Å². The SMILES string of the molecule is Cc1coc2ccc(-c3cnc(CCN)nn3)cc12. The number of fused-ring (bicyclic) bond motifs is 1. The van der Waals surface area contributed by atoms with Gasteiger partial charge in [-0.25, -0.2) is 4.98 Å². The molecule has 0 saturated heterocycles. The first kappa shape index (κ1) is 11.8. The molecule has 0 unspecified atom stereocenters. The molecule has 2 heterocycles. The van der Waals surface area contributed by atoms with Gasteiger partial charge in [-0.2, -0.15) is 0 Å². The summed E-state index contributed by atoms with van der Waals surface area (Å²) in [5.74, 6) is 0.673. The number of rotatable bonds is 3. The van der Waals surface area contributed by atoms with Crippen molar-refractivity contribution in [2.24, 2.45) is 5.73 Å². The maximum absolute atomic E-state index is 5.46. The van der Waals surface area contributed by atoms with Crippen LogP contribution in [0.15, 0.2) is 35.1 Å². The van der Waals surface area contributed by atoms with E-state index < -0.39 is 0 Å². The molecular formula is C14H14N4O. The Kier molecular flexibility index (Phi) is 2.97. The van der Waals surface area contributed by atoms with E-state index in [0.717, 1.165) is 27.8 Å². The number of hydrogen-bond acceptors (Lipinski definition) is 5. The summed E-state index contributed by atoms with van der Waals surface area (Å²) in [6.07, 6.45) is 4.13. The van der Waals surface area contributed by atoms with Gasteiger partial charge in [0.05, 0.1) is 12.5 Å². The Morgan fingerprint density at radius 1 is 1.26 bits per heavy atom. The fourth-order valence-electron chi connectivity index (χ4n) is 1.99. The summed E-state index contributed by atoms with van der Waals surface area (Å²) >= 11 is 0. The van der Waals surface area contributed by atoms with Crippen molar-refractivity contribution in [3.8, 4) is 11.3 Å². The molecule has 0 bridgehead atoms. The zero-order chi connectivity index (χ0) is 13.2. The van der Waals surface area contributed by atoms with Gasteiger partial charge in [-0.1, -0.05) is 0 Å². The molecule has 1 aromatic carbocycles. The van der Waals surface area contributed by atoms with Crippen LogP contribution in [0.2, 0.25) is 0 Å². The van der Waals surface area contributed by atoms with Gasteiger partial charge in [0, 0.05) is 17.4 Å². The zero-order valence-corrected chi connectivity index (χ0v) is 10.6. The summed E-state index contributed by atoms with van der Waals surface area (Å²) in [6, 6.07) is 5.94. The molecule has 0 radical (unpaired) electrons. The highest BCUT2D eigenvalue weighted by atomic mass is 16.3. The average Bonchev–Trinajstić information content (AvgIpc) is 2.81. The maximum Gasteiger partial charge on any atom is 0.152 e. The molecule has 2 aromatic heterocycles. The number of aromatic nitrogens is 3. The normalized spacial score (nSPS) is 11.1. The summed E-state index contributed by atoms with van der Waals surface area (Å²) < 4.78 is 5.43. The van der Waals surface area contributed by atoms with Crippen molar-refractivity contribution in [1.82, 2.24) is 15.2 Å². The van der Waals surface area contributed by atoms with E-state index in [1.54, 1.807) is 12.5 Å². The number of nitrogens with two attached hydrogens (primary N) is 1. The number of benzene rings is 1. The third kappa shape index (κ3) is 2.20. The van der Waals surface area contributed by atoms with E-state index in [1.165, 1.54) is 0 Å². The van der Waals surface area contributed by atoms with Crippen LogP contribution >= 0.6 is 0 Å². The van der Waals surface area contributed by atoms with Gasteiger partial charge in [-0.3, -0.25) is 0 Å². The van der Waals surface area contributed by atoms with E-state index >= 15 is 0 Å². The number of hydrogen-bond donors (Lipinski definition) is 1. The lowest BCUT2D eigenvalue weighted by Gasteiger charge is -2.01. The number of aryl methyl sites for hydroxylation is 1. The van der Waals surface area contributed by atoms with Gasteiger partial charge in [-0.05, 0) is 37.2 Å². The highest BCUT2D eigenvalue weighted by Gasteiger charge is 2.06. The number of nitrogens with zero attached hydrogens (tertiary/aromatic N) is 3. The Labute approximate surface area is 110 Å². The summed E-state index contributed by atoms with van der Waals surface area (Å²) in [5, 5.41) is 9.35. The van der Waals surface area contributed by atoms with Crippen molar-refractivity contribution < 1.29 is 4.42 Å². The first-order valence-corrected chi connectivity index (χ1v) is 6.15. The third-order valence-corrected chi connectivity index (χ3v) is 3.04. The molecule has 0 aliphatic rings. The molecular weight excluding hydrogens is 240 g/mol. The van der Waals surface area contributed by atoms with Gasteiger partial charge in [-0.15, -0.1) is 10.2 Å². The van der Waals surface area contributed by atoms with Gasteiger partial charge in [0.1, 0.15) is 11.3 Å². The van der Waals surface area contributed by atoms with E-state index in [9.17, 15) is 0 Å². The second kappa shape index (κ2) is 4.78. The lowest BCUT2D eigenvalue weighted by atomic mass is 10.1. The van der Waals surface area contributed by atoms with Crippen LogP contribution in [0, 0.1) is 6.92 Å². The van der Waals surface area contributed by atoms with E-state index in [2.05, 4.69) is 15.2 Å². The molecule has 3 rings (SSSR count). The van der Waals surface area contributed by atoms with Crippen LogP contribution < -0.4 is 5.73 Å². The van der Waals surface area contributed by atoms with E-state index in [1.807, 2.05) is 25.1 Å². The molecule has 3 aromatic rings. The fraction of sp³-hybridized carbons (Fsp3) is 0.214. The van der Waals surface area contributed by atoms with Crippen LogP contribution in [0.25, 0.3) is 22.2 Å². The molecule has 19 heavy (non-hydrogen) atoms. The van der Waals surface area contributed by atoms with Crippen LogP contribution in [0.3, 0.4) is 0 Å². The van der Waals surface area contributed by atoms with E-state index in [4.69, 9.17) is 10.2 Å². The molecule has 0 amide bonds. The lowest BCUT2D eigenvalue weighted by Crippen LogP contribution is -2.07. The Balaban J connectivity index is 2.00. The van der Waals surface area contributed by atoms with Crippen molar-refractivity contribution in [2.75, 3.05) is 6.54 Å². The molecule has 0 saturated carbocycles. The highest BCUT2D eigenvalue weighted by Crippen LogP contribution is 2.25. The van der Waals surface area contributed by atoms with Crippen molar-refractivity contribution >= 4 is 11.0 Å². The highest BCUT2D eigenvalue weighted by molar-refractivity contribution is 5.85. The van der Waals surface area contributed by atoms with Crippen LogP contribution in [0.5, 0.6) is 0 Å². The first-order chi connectivity index (χ1) is 9.28. The monoisotopic (exact) mass is 254 g/mol. The molecule has 5 heteroatoms.